The molecule has 3 heterocycles. The van der Waals surface area contributed by atoms with E-state index < -0.39 is 5.79 Å². The molecule has 1 fully saturated rings. The van der Waals surface area contributed by atoms with E-state index in [9.17, 15) is 9.59 Å². The molecular weight excluding hydrogens is 522 g/mol. The number of nitrogens with one attached hydrogen (secondary N) is 2. The SMILES string of the molecule is CSc1cc(C)[nH]c(=O)c1CNC(=O)c1cc(Cl)c2c(c1C)O[C@](C)([C@H]1CC[C@@H](c3ccccn3)CC1)O2. The Labute approximate surface area is 231 Å². The molecule has 1 aromatic carbocycles. The molecule has 3 aromatic rings. The Balaban J connectivity index is 1.31. The Hall–Kier alpha value is -2.97. The number of nitrogens with zero attached hydrogens (tertiary/aromatic N) is 1. The van der Waals surface area contributed by atoms with Crippen LogP contribution in [-0.2, 0) is 6.54 Å². The number of hydrogen-bond donors (Lipinski definition) is 2. The molecule has 5 rings (SSSR count). The molecule has 0 unspecified atom stereocenters. The van der Waals surface area contributed by atoms with Crippen LogP contribution in [0.5, 0.6) is 11.5 Å². The number of H-pyrrole nitrogens is 1. The third-order valence-electron chi connectivity index (χ3n) is 7.74. The summed E-state index contributed by atoms with van der Waals surface area (Å²) in [5.74, 6) is 0.425. The van der Waals surface area contributed by atoms with Gasteiger partial charge in [0.25, 0.3) is 17.3 Å². The minimum atomic E-state index is -0.858. The number of carbonyl (C=O) groups excluding carboxylic acids is 1. The van der Waals surface area contributed by atoms with Gasteiger partial charge >= 0.3 is 0 Å². The summed E-state index contributed by atoms with van der Waals surface area (Å²) in [5, 5.41) is 3.21. The van der Waals surface area contributed by atoms with E-state index in [2.05, 4.69) is 21.4 Å². The fourth-order valence-electron chi connectivity index (χ4n) is 5.58. The van der Waals surface area contributed by atoms with E-state index in [1.54, 1.807) is 6.07 Å². The molecule has 1 saturated carbocycles. The van der Waals surface area contributed by atoms with Crippen LogP contribution in [0.25, 0.3) is 0 Å². The third-order valence-corrected chi connectivity index (χ3v) is 8.83. The van der Waals surface area contributed by atoms with Gasteiger partial charge < -0.3 is 19.8 Å². The van der Waals surface area contributed by atoms with Crippen LogP contribution in [0.1, 0.15) is 71.4 Å². The van der Waals surface area contributed by atoms with Crippen LogP contribution in [-0.4, -0.2) is 27.9 Å². The number of carbonyl (C=O) groups is 1. The summed E-state index contributed by atoms with van der Waals surface area (Å²) in [7, 11) is 0. The van der Waals surface area contributed by atoms with Gasteiger partial charge in [0, 0.05) is 64.5 Å². The molecule has 1 aliphatic heterocycles. The van der Waals surface area contributed by atoms with Crippen LogP contribution in [0.4, 0.5) is 0 Å². The van der Waals surface area contributed by atoms with Crippen molar-refractivity contribution in [3.05, 3.63) is 80.0 Å². The Bertz CT molecular complexity index is 1420. The number of rotatable bonds is 6. The molecule has 1 aliphatic carbocycles. The van der Waals surface area contributed by atoms with E-state index in [0.29, 0.717) is 39.1 Å². The van der Waals surface area contributed by atoms with Gasteiger partial charge in [0.15, 0.2) is 11.5 Å². The van der Waals surface area contributed by atoms with Gasteiger partial charge in [-0.15, -0.1) is 11.8 Å². The monoisotopic (exact) mass is 553 g/mol. The fraction of sp³-hybridized carbons (Fsp3) is 0.414. The molecule has 2 N–H and O–H groups in total. The maximum absolute atomic E-state index is 13.2. The highest BCUT2D eigenvalue weighted by atomic mass is 35.5. The number of fused-ring (bicyclic) bond motifs is 1. The van der Waals surface area contributed by atoms with E-state index in [0.717, 1.165) is 42.0 Å². The predicted octanol–water partition coefficient (Wildman–Crippen LogP) is 6.15. The first-order valence-corrected chi connectivity index (χ1v) is 14.5. The number of benzene rings is 1. The standard InChI is InChI=1S/C29H32ClN3O4S/c1-16-13-24(38-4)21(28(35)33-16)15-32-27(34)20-14-22(30)26-25(17(20)2)36-29(3,37-26)19-10-8-18(9-11-19)23-7-5-6-12-31-23/h5-7,12-14,18-19H,8-11,15H2,1-4H3,(H,32,34)(H,33,35)/t18-,19+,29-/m0/s1. The summed E-state index contributed by atoms with van der Waals surface area (Å²) in [5.41, 5.74) is 3.30. The van der Waals surface area contributed by atoms with Gasteiger partial charge in [0.05, 0.1) is 5.02 Å². The molecule has 2 aliphatic rings. The second-order valence-corrected chi connectivity index (χ2v) is 11.5. The largest absolute Gasteiger partial charge is 0.448 e. The molecule has 1 amide bonds. The molecule has 0 radical (unpaired) electrons. The van der Waals surface area contributed by atoms with E-state index in [1.807, 2.05) is 51.4 Å². The lowest BCUT2D eigenvalue weighted by Crippen LogP contribution is -2.44. The van der Waals surface area contributed by atoms with Crippen molar-refractivity contribution >= 4 is 29.3 Å². The number of aromatic nitrogens is 2. The van der Waals surface area contributed by atoms with Crippen LogP contribution in [0, 0.1) is 19.8 Å². The van der Waals surface area contributed by atoms with E-state index in [1.165, 1.54) is 11.8 Å². The number of pyridine rings is 2. The van der Waals surface area contributed by atoms with Crippen LogP contribution in [0.15, 0.2) is 46.2 Å². The van der Waals surface area contributed by atoms with Gasteiger partial charge in [-0.25, -0.2) is 0 Å². The van der Waals surface area contributed by atoms with Crippen LogP contribution >= 0.6 is 23.4 Å². The molecule has 9 heteroatoms. The molecule has 1 atom stereocenters. The van der Waals surface area contributed by atoms with Gasteiger partial charge in [0.2, 0.25) is 0 Å². The average Bonchev–Trinajstić information content (AvgIpc) is 3.30. The van der Waals surface area contributed by atoms with Crippen molar-refractivity contribution in [3.63, 3.8) is 0 Å². The molecule has 38 heavy (non-hydrogen) atoms. The molecule has 0 bridgehead atoms. The zero-order chi connectivity index (χ0) is 27.0. The quantitative estimate of drug-likeness (QED) is 0.355. The highest BCUT2D eigenvalue weighted by molar-refractivity contribution is 7.98. The van der Waals surface area contributed by atoms with Crippen LogP contribution < -0.4 is 20.3 Å². The molecule has 2 aromatic heterocycles. The smallest absolute Gasteiger partial charge is 0.254 e. The summed E-state index contributed by atoms with van der Waals surface area (Å²) in [4.78, 5) is 33.9. The Morgan fingerprint density at radius 3 is 2.61 bits per heavy atom. The van der Waals surface area contributed by atoms with Crippen molar-refractivity contribution in [2.75, 3.05) is 6.26 Å². The summed E-state index contributed by atoms with van der Waals surface area (Å²) in [6, 6.07) is 9.60. The zero-order valence-electron chi connectivity index (χ0n) is 22.0. The first kappa shape index (κ1) is 26.6. The first-order valence-electron chi connectivity index (χ1n) is 12.9. The van der Waals surface area contributed by atoms with Crippen molar-refractivity contribution in [2.24, 2.45) is 5.92 Å². The van der Waals surface area contributed by atoms with Gasteiger partial charge in [-0.05, 0) is 70.1 Å². The maximum atomic E-state index is 13.2. The van der Waals surface area contributed by atoms with Crippen molar-refractivity contribution in [2.45, 2.75) is 69.6 Å². The first-order chi connectivity index (χ1) is 18.2. The van der Waals surface area contributed by atoms with Gasteiger partial charge in [0.1, 0.15) is 0 Å². The molecule has 200 valence electrons. The number of hydrogen-bond acceptors (Lipinski definition) is 6. The fourth-order valence-corrected chi connectivity index (χ4v) is 6.52. The second kappa shape index (κ2) is 10.7. The second-order valence-electron chi connectivity index (χ2n) is 10.2. The highest BCUT2D eigenvalue weighted by Gasteiger charge is 2.47. The molecule has 0 saturated heterocycles. The minimum absolute atomic E-state index is 0.105. The predicted molar refractivity (Wildman–Crippen MR) is 150 cm³/mol. The van der Waals surface area contributed by atoms with Crippen molar-refractivity contribution in [3.8, 4) is 11.5 Å². The van der Waals surface area contributed by atoms with Gasteiger partial charge in [-0.2, -0.15) is 0 Å². The third kappa shape index (κ3) is 5.04. The molecular formula is C29H32ClN3O4S. The van der Waals surface area contributed by atoms with Gasteiger partial charge in [-0.3, -0.25) is 14.6 Å². The summed E-state index contributed by atoms with van der Waals surface area (Å²) in [6.07, 6.45) is 7.66. The highest BCUT2D eigenvalue weighted by Crippen LogP contribution is 2.52. The van der Waals surface area contributed by atoms with Crippen LogP contribution in [0.2, 0.25) is 5.02 Å². The number of ether oxygens (including phenoxy) is 2. The van der Waals surface area contributed by atoms with Crippen molar-refractivity contribution < 1.29 is 14.3 Å². The van der Waals surface area contributed by atoms with Crippen LogP contribution in [0.3, 0.4) is 0 Å². The molecule has 0 spiro atoms. The van der Waals surface area contributed by atoms with Crippen molar-refractivity contribution in [1.82, 2.24) is 15.3 Å². The lowest BCUT2D eigenvalue weighted by molar-refractivity contribution is -0.121. The number of thioether (sulfide) groups is 1. The number of amides is 1. The average molecular weight is 554 g/mol. The van der Waals surface area contributed by atoms with E-state index in [-0.39, 0.29) is 23.9 Å². The lowest BCUT2D eigenvalue weighted by Gasteiger charge is -2.37. The number of aromatic amines is 1. The topological polar surface area (TPSA) is 93.3 Å². The molecule has 7 nitrogen and oxygen atoms in total. The normalized spacial score (nSPS) is 22.3. The summed E-state index contributed by atoms with van der Waals surface area (Å²) >= 11 is 8.09. The van der Waals surface area contributed by atoms with Crippen molar-refractivity contribution in [1.29, 1.82) is 0 Å². The van der Waals surface area contributed by atoms with E-state index in [4.69, 9.17) is 21.1 Å². The Morgan fingerprint density at radius 2 is 1.92 bits per heavy atom. The lowest BCUT2D eigenvalue weighted by atomic mass is 9.77. The number of aryl methyl sites for hydroxylation is 1. The minimum Gasteiger partial charge on any atom is -0.448 e. The van der Waals surface area contributed by atoms with E-state index >= 15 is 0 Å². The maximum Gasteiger partial charge on any atom is 0.254 e. The zero-order valence-corrected chi connectivity index (χ0v) is 23.6. The Morgan fingerprint density at radius 1 is 1.18 bits per heavy atom. The summed E-state index contributed by atoms with van der Waals surface area (Å²) in [6.45, 7) is 5.74. The number of halogens is 1. The van der Waals surface area contributed by atoms with Gasteiger partial charge in [-0.1, -0.05) is 17.7 Å². The summed E-state index contributed by atoms with van der Waals surface area (Å²) < 4.78 is 12.8. The Kier molecular flexibility index (Phi) is 7.47.